The number of rotatable bonds is 8. The molecule has 0 atom stereocenters. The van der Waals surface area contributed by atoms with Crippen molar-refractivity contribution in [3.8, 4) is 0 Å². The number of hydrogen-bond donors (Lipinski definition) is 2. The number of anilines is 1. The number of benzene rings is 1. The molecule has 1 aliphatic carbocycles. The van der Waals surface area contributed by atoms with Crippen molar-refractivity contribution in [2.75, 3.05) is 25.0 Å². The van der Waals surface area contributed by atoms with E-state index in [1.807, 2.05) is 18.9 Å². The van der Waals surface area contributed by atoms with E-state index in [-0.39, 0.29) is 12.1 Å². The lowest BCUT2D eigenvalue weighted by atomic mass is 10.1. The zero-order chi connectivity index (χ0) is 27.0. The molecular formula is C26H34F3N9. The Morgan fingerprint density at radius 2 is 1.74 bits per heavy atom. The van der Waals surface area contributed by atoms with Crippen molar-refractivity contribution in [2.45, 2.75) is 52.6 Å². The summed E-state index contributed by atoms with van der Waals surface area (Å²) in [6.45, 7) is 6.21. The molecular weight excluding hydrogens is 495 g/mol. The van der Waals surface area contributed by atoms with Crippen LogP contribution in [0.4, 0.5) is 19.0 Å². The van der Waals surface area contributed by atoms with Gasteiger partial charge in [-0.15, -0.1) is 10.6 Å². The lowest BCUT2D eigenvalue weighted by molar-refractivity contribution is 0.259. The second-order valence-electron chi connectivity index (χ2n) is 10.2. The Bertz CT molecular complexity index is 1330. The minimum atomic E-state index is -1.48. The fourth-order valence-corrected chi connectivity index (χ4v) is 5.43. The Labute approximate surface area is 220 Å². The Kier molecular flexibility index (Phi) is 7.33. The molecule has 1 aromatic carbocycles. The van der Waals surface area contributed by atoms with Crippen LogP contribution >= 0.6 is 0 Å². The summed E-state index contributed by atoms with van der Waals surface area (Å²) in [6, 6.07) is 4.14. The number of halogens is 3. The number of hydrazone groups is 1. The molecule has 1 fully saturated rings. The van der Waals surface area contributed by atoms with Gasteiger partial charge in [0.25, 0.3) is 0 Å². The van der Waals surface area contributed by atoms with Crippen LogP contribution in [0, 0.1) is 30.3 Å². The van der Waals surface area contributed by atoms with Crippen molar-refractivity contribution in [2.24, 2.45) is 18.1 Å². The molecule has 204 valence electrons. The smallest absolute Gasteiger partial charge is 0.234 e. The summed E-state index contributed by atoms with van der Waals surface area (Å²) < 4.78 is 43.6. The highest BCUT2D eigenvalue weighted by atomic mass is 19.2. The predicted octanol–water partition coefficient (Wildman–Crippen LogP) is 3.94. The molecule has 38 heavy (non-hydrogen) atoms. The average Bonchev–Trinajstić information content (AvgIpc) is 3.62. The SMILES string of the molecule is CCN(CC1CCCC1)c1nc2c(cc1CN(Cc1cc(F)c(F)c(F)c1)C1=NN(C)NN1)c(C)nn2C. The van der Waals surface area contributed by atoms with Gasteiger partial charge in [0, 0.05) is 51.2 Å². The van der Waals surface area contributed by atoms with Gasteiger partial charge >= 0.3 is 0 Å². The number of nitrogens with zero attached hydrogens (tertiary/aromatic N) is 7. The first-order chi connectivity index (χ1) is 18.2. The highest BCUT2D eigenvalue weighted by molar-refractivity contribution is 5.83. The van der Waals surface area contributed by atoms with E-state index < -0.39 is 17.5 Å². The lowest BCUT2D eigenvalue weighted by Gasteiger charge is -2.30. The number of hydrogen-bond acceptors (Lipinski definition) is 8. The van der Waals surface area contributed by atoms with Crippen LogP contribution in [0.5, 0.6) is 0 Å². The molecule has 2 aromatic heterocycles. The second kappa shape index (κ2) is 10.7. The summed E-state index contributed by atoms with van der Waals surface area (Å²) >= 11 is 0. The summed E-state index contributed by atoms with van der Waals surface area (Å²) in [7, 11) is 3.62. The molecule has 12 heteroatoms. The number of nitrogens with one attached hydrogen (secondary N) is 2. The standard InChI is InChI=1S/C26H34F3N9/c1-5-37(13-17-8-6-7-9-17)24-19(12-20-16(2)32-35(3)25(20)30-24)15-38(26-31-34-36(4)33-26)14-18-10-21(27)23(29)22(28)11-18/h10-12,17,34H,5-9,13-15H2,1-4H3,(H,31,33). The van der Waals surface area contributed by atoms with E-state index in [1.165, 1.54) is 30.8 Å². The fraction of sp³-hybridized carbons (Fsp3) is 0.500. The van der Waals surface area contributed by atoms with Gasteiger partial charge in [0.2, 0.25) is 5.96 Å². The van der Waals surface area contributed by atoms with Gasteiger partial charge in [-0.05, 0) is 56.4 Å². The molecule has 0 radical (unpaired) electrons. The number of aromatic nitrogens is 3. The number of guanidine groups is 1. The maximum atomic E-state index is 14.1. The normalized spacial score (nSPS) is 15.9. The molecule has 0 amide bonds. The zero-order valence-electron chi connectivity index (χ0n) is 22.2. The lowest BCUT2D eigenvalue weighted by Crippen LogP contribution is -2.44. The van der Waals surface area contributed by atoms with E-state index in [0.29, 0.717) is 18.4 Å². The van der Waals surface area contributed by atoms with Gasteiger partial charge in [0.05, 0.1) is 5.69 Å². The summed E-state index contributed by atoms with van der Waals surface area (Å²) in [4.78, 5) is 9.26. The minimum Gasteiger partial charge on any atom is -0.356 e. The molecule has 1 aliphatic heterocycles. The molecule has 3 aromatic rings. The monoisotopic (exact) mass is 529 g/mol. The quantitative estimate of drug-likeness (QED) is 0.428. The van der Waals surface area contributed by atoms with E-state index in [0.717, 1.165) is 53.3 Å². The number of pyridine rings is 1. The van der Waals surface area contributed by atoms with Crippen LogP contribution in [0.2, 0.25) is 0 Å². The van der Waals surface area contributed by atoms with Crippen molar-refractivity contribution < 1.29 is 13.2 Å². The molecule has 2 N–H and O–H groups in total. The Hall–Kier alpha value is -3.54. The van der Waals surface area contributed by atoms with Crippen molar-refractivity contribution >= 4 is 22.8 Å². The molecule has 0 unspecified atom stereocenters. The van der Waals surface area contributed by atoms with Crippen LogP contribution in [-0.4, -0.2) is 50.9 Å². The highest BCUT2D eigenvalue weighted by Gasteiger charge is 2.26. The molecule has 0 spiro atoms. The first kappa shape index (κ1) is 26.1. The number of hydrazine groups is 2. The van der Waals surface area contributed by atoms with Crippen LogP contribution < -0.4 is 15.9 Å². The van der Waals surface area contributed by atoms with Crippen LogP contribution in [0.3, 0.4) is 0 Å². The number of aryl methyl sites for hydroxylation is 2. The van der Waals surface area contributed by atoms with Gasteiger partial charge in [0.1, 0.15) is 5.82 Å². The van der Waals surface area contributed by atoms with Crippen LogP contribution in [-0.2, 0) is 20.1 Å². The summed E-state index contributed by atoms with van der Waals surface area (Å²) in [5, 5.41) is 11.5. The summed E-state index contributed by atoms with van der Waals surface area (Å²) in [5.41, 5.74) is 8.78. The van der Waals surface area contributed by atoms with E-state index in [1.54, 1.807) is 11.7 Å². The van der Waals surface area contributed by atoms with Crippen molar-refractivity contribution in [1.82, 2.24) is 35.7 Å². The maximum absolute atomic E-state index is 14.1. The fourth-order valence-electron chi connectivity index (χ4n) is 5.43. The molecule has 9 nitrogen and oxygen atoms in total. The van der Waals surface area contributed by atoms with E-state index in [2.05, 4.69) is 39.1 Å². The average molecular weight is 530 g/mol. The third-order valence-electron chi connectivity index (χ3n) is 7.34. The van der Waals surface area contributed by atoms with Crippen LogP contribution in [0.25, 0.3) is 11.0 Å². The molecule has 1 saturated carbocycles. The Morgan fingerprint density at radius 3 is 2.37 bits per heavy atom. The van der Waals surface area contributed by atoms with Gasteiger partial charge in [-0.2, -0.15) is 5.10 Å². The van der Waals surface area contributed by atoms with Gasteiger partial charge in [-0.25, -0.2) is 23.3 Å². The predicted molar refractivity (Wildman–Crippen MR) is 140 cm³/mol. The summed E-state index contributed by atoms with van der Waals surface area (Å²) in [5.74, 6) is -1.98. The first-order valence-electron chi connectivity index (χ1n) is 13.0. The second-order valence-corrected chi connectivity index (χ2v) is 10.2. The van der Waals surface area contributed by atoms with Gasteiger partial charge in [-0.1, -0.05) is 12.8 Å². The molecule has 5 rings (SSSR count). The van der Waals surface area contributed by atoms with Gasteiger partial charge < -0.3 is 9.80 Å². The van der Waals surface area contributed by atoms with Gasteiger partial charge in [0.15, 0.2) is 23.1 Å². The first-order valence-corrected chi connectivity index (χ1v) is 13.0. The number of fused-ring (bicyclic) bond motifs is 1. The van der Waals surface area contributed by atoms with Crippen molar-refractivity contribution in [1.29, 1.82) is 0 Å². The molecule has 3 heterocycles. The maximum Gasteiger partial charge on any atom is 0.234 e. The Morgan fingerprint density at radius 1 is 1.03 bits per heavy atom. The topological polar surface area (TPSA) is 76.9 Å². The minimum absolute atomic E-state index is 0.0910. The molecule has 0 bridgehead atoms. The van der Waals surface area contributed by atoms with E-state index >= 15 is 0 Å². The van der Waals surface area contributed by atoms with E-state index in [9.17, 15) is 13.2 Å². The third kappa shape index (κ3) is 5.22. The van der Waals surface area contributed by atoms with Gasteiger partial charge in [-0.3, -0.25) is 10.1 Å². The van der Waals surface area contributed by atoms with Crippen LogP contribution in [0.1, 0.15) is 49.4 Å². The third-order valence-corrected chi connectivity index (χ3v) is 7.34. The van der Waals surface area contributed by atoms with E-state index in [4.69, 9.17) is 4.98 Å². The highest BCUT2D eigenvalue weighted by Crippen LogP contribution is 2.31. The van der Waals surface area contributed by atoms with Crippen LogP contribution in [0.15, 0.2) is 23.3 Å². The van der Waals surface area contributed by atoms with Crippen molar-refractivity contribution in [3.63, 3.8) is 0 Å². The molecule has 0 saturated heterocycles. The molecule has 2 aliphatic rings. The zero-order valence-corrected chi connectivity index (χ0v) is 22.2. The Balaban J connectivity index is 1.56. The van der Waals surface area contributed by atoms with Crippen molar-refractivity contribution in [3.05, 3.63) is 52.5 Å². The summed E-state index contributed by atoms with van der Waals surface area (Å²) in [6.07, 6.45) is 4.94. The largest absolute Gasteiger partial charge is 0.356 e.